The molecule has 0 aromatic heterocycles. The Morgan fingerprint density at radius 2 is 1.85 bits per heavy atom. The maximum absolute atomic E-state index is 13.5. The van der Waals surface area contributed by atoms with E-state index in [0.717, 1.165) is 45.1 Å². The zero-order valence-electron chi connectivity index (χ0n) is 16.2. The molecule has 1 aromatic rings. The molecular formula is C20H29F2N3O2. The Morgan fingerprint density at radius 3 is 2.56 bits per heavy atom. The lowest BCUT2D eigenvalue weighted by atomic mass is 9.86. The largest absolute Gasteiger partial charge is 0.383 e. The fourth-order valence-corrected chi connectivity index (χ4v) is 4.31. The summed E-state index contributed by atoms with van der Waals surface area (Å²) >= 11 is 0. The molecule has 150 valence electrons. The number of carbonyl (C=O) groups excluding carboxylic acids is 1. The fraction of sp³-hybridized carbons (Fsp3) is 0.650. The Kier molecular flexibility index (Phi) is 6.44. The van der Waals surface area contributed by atoms with E-state index in [2.05, 4.69) is 16.8 Å². The third kappa shape index (κ3) is 4.83. The molecule has 0 bridgehead atoms. The van der Waals surface area contributed by atoms with Crippen LogP contribution in [-0.2, 0) is 16.1 Å². The molecule has 0 N–H and O–H groups in total. The van der Waals surface area contributed by atoms with Crippen LogP contribution in [0.5, 0.6) is 0 Å². The van der Waals surface area contributed by atoms with Gasteiger partial charge in [0, 0.05) is 64.4 Å². The van der Waals surface area contributed by atoms with Crippen LogP contribution in [0.1, 0.15) is 24.8 Å². The van der Waals surface area contributed by atoms with E-state index >= 15 is 0 Å². The van der Waals surface area contributed by atoms with Gasteiger partial charge in [0.15, 0.2) is 0 Å². The molecule has 7 heteroatoms. The number of likely N-dealkylation sites (N-methyl/N-ethyl adjacent to an activating group) is 1. The first-order valence-electron chi connectivity index (χ1n) is 9.57. The Balaban J connectivity index is 1.69. The number of carbonyl (C=O) groups is 1. The molecule has 1 spiro atoms. The Hall–Kier alpha value is -1.57. The average Bonchev–Trinajstić information content (AvgIpc) is 2.76. The van der Waals surface area contributed by atoms with Crippen LogP contribution < -0.4 is 0 Å². The van der Waals surface area contributed by atoms with Crippen LogP contribution in [0.25, 0.3) is 0 Å². The van der Waals surface area contributed by atoms with Crippen LogP contribution in [0.4, 0.5) is 8.78 Å². The number of halogens is 2. The van der Waals surface area contributed by atoms with Crippen molar-refractivity contribution in [2.75, 3.05) is 53.5 Å². The summed E-state index contributed by atoms with van der Waals surface area (Å²) in [6.45, 7) is 4.93. The minimum absolute atomic E-state index is 0.0817. The van der Waals surface area contributed by atoms with Gasteiger partial charge in [-0.25, -0.2) is 8.78 Å². The van der Waals surface area contributed by atoms with E-state index in [-0.39, 0.29) is 11.4 Å². The monoisotopic (exact) mass is 381 g/mol. The van der Waals surface area contributed by atoms with Crippen LogP contribution >= 0.6 is 0 Å². The number of hydrogen-bond acceptors (Lipinski definition) is 4. The van der Waals surface area contributed by atoms with Gasteiger partial charge in [0.25, 0.3) is 0 Å². The van der Waals surface area contributed by atoms with Crippen LogP contribution in [0.15, 0.2) is 18.2 Å². The molecule has 2 fully saturated rings. The van der Waals surface area contributed by atoms with Crippen LogP contribution in [0.2, 0.25) is 0 Å². The van der Waals surface area contributed by atoms with Crippen molar-refractivity contribution in [2.45, 2.75) is 31.3 Å². The van der Waals surface area contributed by atoms with Crippen LogP contribution in [0, 0.1) is 11.6 Å². The first-order chi connectivity index (χ1) is 12.9. The van der Waals surface area contributed by atoms with Crippen LogP contribution in [-0.4, -0.2) is 79.6 Å². The standard InChI is InChI=1S/C20H29F2N3O2/c1-23-7-8-24(14-16-11-17(21)13-18(22)12-16)15-20(23)4-3-19(26)25(6-5-20)9-10-27-2/h11-13H,3-10,14-15H2,1-2H3/t20-/m1/s1. The fourth-order valence-electron chi connectivity index (χ4n) is 4.31. The Bertz CT molecular complexity index is 652. The highest BCUT2D eigenvalue weighted by molar-refractivity contribution is 5.76. The highest BCUT2D eigenvalue weighted by atomic mass is 19.1. The molecule has 2 aliphatic heterocycles. The van der Waals surface area contributed by atoms with Gasteiger partial charge in [-0.05, 0) is 37.6 Å². The first kappa shape index (κ1) is 20.2. The average molecular weight is 381 g/mol. The van der Waals surface area contributed by atoms with Crippen molar-refractivity contribution in [3.8, 4) is 0 Å². The smallest absolute Gasteiger partial charge is 0.222 e. The van der Waals surface area contributed by atoms with E-state index in [9.17, 15) is 13.6 Å². The quantitative estimate of drug-likeness (QED) is 0.783. The lowest BCUT2D eigenvalue weighted by molar-refractivity contribution is -0.131. The van der Waals surface area contributed by atoms with Crippen molar-refractivity contribution < 1.29 is 18.3 Å². The maximum Gasteiger partial charge on any atom is 0.222 e. The van der Waals surface area contributed by atoms with Crippen molar-refractivity contribution in [3.63, 3.8) is 0 Å². The normalized spacial score (nSPS) is 25.2. The van der Waals surface area contributed by atoms with E-state index in [4.69, 9.17) is 4.74 Å². The van der Waals surface area contributed by atoms with Gasteiger partial charge >= 0.3 is 0 Å². The van der Waals surface area contributed by atoms with Crippen molar-refractivity contribution in [3.05, 3.63) is 35.4 Å². The first-order valence-corrected chi connectivity index (χ1v) is 9.57. The van der Waals surface area contributed by atoms with E-state index in [1.807, 2.05) is 4.90 Å². The van der Waals surface area contributed by atoms with Gasteiger partial charge in [-0.2, -0.15) is 0 Å². The van der Waals surface area contributed by atoms with Gasteiger partial charge in [0.05, 0.1) is 6.61 Å². The second-order valence-corrected chi connectivity index (χ2v) is 7.76. The van der Waals surface area contributed by atoms with Gasteiger partial charge in [-0.15, -0.1) is 0 Å². The summed E-state index contributed by atoms with van der Waals surface area (Å²) in [7, 11) is 3.76. The lowest BCUT2D eigenvalue weighted by Crippen LogP contribution is -2.60. The predicted molar refractivity (Wildman–Crippen MR) is 99.3 cm³/mol. The molecule has 3 rings (SSSR count). The van der Waals surface area contributed by atoms with E-state index in [1.54, 1.807) is 7.11 Å². The minimum Gasteiger partial charge on any atom is -0.383 e. The molecular weight excluding hydrogens is 352 g/mol. The summed E-state index contributed by atoms with van der Waals surface area (Å²) in [5.41, 5.74) is 0.570. The number of amides is 1. The zero-order chi connectivity index (χ0) is 19.4. The molecule has 0 aliphatic carbocycles. The topological polar surface area (TPSA) is 36.0 Å². The Labute approximate surface area is 159 Å². The van der Waals surface area contributed by atoms with Gasteiger partial charge in [-0.3, -0.25) is 14.6 Å². The van der Waals surface area contributed by atoms with Crippen molar-refractivity contribution in [1.82, 2.24) is 14.7 Å². The third-order valence-electron chi connectivity index (χ3n) is 5.98. The molecule has 0 unspecified atom stereocenters. The molecule has 2 heterocycles. The van der Waals surface area contributed by atoms with E-state index < -0.39 is 11.6 Å². The molecule has 0 saturated carbocycles. The number of methoxy groups -OCH3 is 1. The van der Waals surface area contributed by atoms with E-state index in [0.29, 0.717) is 31.7 Å². The number of nitrogens with zero attached hydrogens (tertiary/aromatic N) is 3. The van der Waals surface area contributed by atoms with Crippen LogP contribution in [0.3, 0.4) is 0 Å². The molecule has 5 nitrogen and oxygen atoms in total. The number of ether oxygens (including phenoxy) is 1. The molecule has 0 radical (unpaired) electrons. The third-order valence-corrected chi connectivity index (χ3v) is 5.98. The summed E-state index contributed by atoms with van der Waals surface area (Å²) in [5.74, 6) is -0.896. The summed E-state index contributed by atoms with van der Waals surface area (Å²) < 4.78 is 32.1. The van der Waals surface area contributed by atoms with Crippen molar-refractivity contribution >= 4 is 5.91 Å². The highest BCUT2D eigenvalue weighted by Crippen LogP contribution is 2.32. The maximum atomic E-state index is 13.5. The van der Waals surface area contributed by atoms with Gasteiger partial charge in [0.1, 0.15) is 11.6 Å². The number of benzene rings is 1. The zero-order valence-corrected chi connectivity index (χ0v) is 16.2. The second-order valence-electron chi connectivity index (χ2n) is 7.76. The molecule has 1 atom stereocenters. The summed E-state index contributed by atoms with van der Waals surface area (Å²) in [4.78, 5) is 19.0. The van der Waals surface area contributed by atoms with Gasteiger partial charge < -0.3 is 9.64 Å². The molecule has 1 aromatic carbocycles. The van der Waals surface area contributed by atoms with Crippen molar-refractivity contribution in [1.29, 1.82) is 0 Å². The second kappa shape index (κ2) is 8.63. The molecule has 27 heavy (non-hydrogen) atoms. The molecule has 2 aliphatic rings. The number of hydrogen-bond donors (Lipinski definition) is 0. The minimum atomic E-state index is -0.539. The molecule has 1 amide bonds. The summed E-state index contributed by atoms with van der Waals surface area (Å²) in [6.07, 6.45) is 2.23. The predicted octanol–water partition coefficient (Wildman–Crippen LogP) is 2.11. The summed E-state index contributed by atoms with van der Waals surface area (Å²) in [6, 6.07) is 3.70. The number of rotatable bonds is 5. The SMILES string of the molecule is COCCN1CC[C@]2(CCC1=O)CN(Cc1cc(F)cc(F)c1)CCN2C. The van der Waals surface area contributed by atoms with Gasteiger partial charge in [0.2, 0.25) is 5.91 Å². The Morgan fingerprint density at radius 1 is 1.11 bits per heavy atom. The number of piperazine rings is 1. The highest BCUT2D eigenvalue weighted by Gasteiger charge is 2.42. The molecule has 2 saturated heterocycles. The summed E-state index contributed by atoms with van der Waals surface area (Å²) in [5, 5.41) is 0. The lowest BCUT2D eigenvalue weighted by Gasteiger charge is -2.49. The number of likely N-dealkylation sites (tertiary alicyclic amines) is 1. The van der Waals surface area contributed by atoms with E-state index in [1.165, 1.54) is 12.1 Å². The van der Waals surface area contributed by atoms with Crippen molar-refractivity contribution in [2.24, 2.45) is 0 Å². The van der Waals surface area contributed by atoms with Gasteiger partial charge in [-0.1, -0.05) is 0 Å².